The molecular weight excluding hydrogens is 248 g/mol. The van der Waals surface area contributed by atoms with Gasteiger partial charge in [0.25, 0.3) is 0 Å². The molecular formula is C14H20O3S. The first-order valence-electron chi connectivity index (χ1n) is 6.19. The van der Waals surface area contributed by atoms with E-state index in [2.05, 4.69) is 6.92 Å². The van der Waals surface area contributed by atoms with Crippen LogP contribution in [0.15, 0.2) is 18.2 Å². The second-order valence-electron chi connectivity index (χ2n) is 4.58. The van der Waals surface area contributed by atoms with Crippen molar-refractivity contribution in [3.8, 4) is 11.5 Å². The Morgan fingerprint density at radius 3 is 2.39 bits per heavy atom. The molecule has 2 unspecified atom stereocenters. The Morgan fingerprint density at radius 2 is 1.89 bits per heavy atom. The van der Waals surface area contributed by atoms with E-state index in [1.54, 1.807) is 26.0 Å². The predicted octanol–water partition coefficient (Wildman–Crippen LogP) is 2.81. The molecule has 1 fully saturated rings. The number of benzene rings is 1. The third-order valence-corrected chi connectivity index (χ3v) is 5.02. The molecule has 1 heterocycles. The molecule has 0 spiro atoms. The van der Waals surface area contributed by atoms with Gasteiger partial charge in [-0.1, -0.05) is 13.0 Å². The lowest BCUT2D eigenvalue weighted by Crippen LogP contribution is -2.39. The van der Waals surface area contributed by atoms with Crippen LogP contribution in [0.1, 0.15) is 25.3 Å². The Labute approximate surface area is 112 Å². The number of hydrogen-bond donors (Lipinski definition) is 1. The van der Waals surface area contributed by atoms with Crippen molar-refractivity contribution in [2.75, 3.05) is 20.0 Å². The van der Waals surface area contributed by atoms with E-state index in [4.69, 9.17) is 9.47 Å². The summed E-state index contributed by atoms with van der Waals surface area (Å²) in [6.45, 7) is 2.07. The highest BCUT2D eigenvalue weighted by atomic mass is 32.2. The lowest BCUT2D eigenvalue weighted by molar-refractivity contribution is 0.0208. The van der Waals surface area contributed by atoms with E-state index in [1.165, 1.54) is 0 Å². The normalized spacial score (nSPS) is 27.9. The van der Waals surface area contributed by atoms with Crippen LogP contribution in [-0.4, -0.2) is 30.3 Å². The highest BCUT2D eigenvalue weighted by Gasteiger charge is 2.42. The van der Waals surface area contributed by atoms with E-state index >= 15 is 0 Å². The van der Waals surface area contributed by atoms with Crippen LogP contribution < -0.4 is 9.47 Å². The summed E-state index contributed by atoms with van der Waals surface area (Å²) in [4.78, 5) is 0. The molecule has 18 heavy (non-hydrogen) atoms. The number of rotatable bonds is 3. The van der Waals surface area contributed by atoms with Gasteiger partial charge in [0.2, 0.25) is 0 Å². The molecule has 0 aliphatic carbocycles. The van der Waals surface area contributed by atoms with E-state index in [-0.39, 0.29) is 5.25 Å². The van der Waals surface area contributed by atoms with Gasteiger partial charge in [0.1, 0.15) is 17.1 Å². The largest absolute Gasteiger partial charge is 0.496 e. The second-order valence-corrected chi connectivity index (χ2v) is 6.03. The molecule has 0 radical (unpaired) electrons. The zero-order chi connectivity index (χ0) is 13.2. The first-order chi connectivity index (χ1) is 8.63. The molecule has 0 aromatic heterocycles. The van der Waals surface area contributed by atoms with E-state index in [0.717, 1.165) is 24.2 Å². The van der Waals surface area contributed by atoms with Gasteiger partial charge in [0.15, 0.2) is 0 Å². The Bertz CT molecular complexity index is 399. The maximum absolute atomic E-state index is 11.1. The maximum atomic E-state index is 11.1. The van der Waals surface area contributed by atoms with Crippen molar-refractivity contribution < 1.29 is 14.6 Å². The minimum absolute atomic E-state index is 0.136. The van der Waals surface area contributed by atoms with Crippen LogP contribution in [0.5, 0.6) is 11.5 Å². The summed E-state index contributed by atoms with van der Waals surface area (Å²) in [7, 11) is 3.25. The topological polar surface area (TPSA) is 38.7 Å². The smallest absolute Gasteiger partial charge is 0.128 e. The summed E-state index contributed by atoms with van der Waals surface area (Å²) in [5.41, 5.74) is -0.0874. The SMILES string of the molecule is COc1cccc(OC)c1C1(O)CCCSC1C. The van der Waals surface area contributed by atoms with Gasteiger partial charge in [-0.15, -0.1) is 0 Å². The molecule has 0 amide bonds. The Kier molecular flexibility index (Phi) is 4.07. The second kappa shape index (κ2) is 5.41. The quantitative estimate of drug-likeness (QED) is 0.915. The summed E-state index contributed by atoms with van der Waals surface area (Å²) in [5, 5.41) is 11.2. The lowest BCUT2D eigenvalue weighted by atomic mass is 9.84. The average molecular weight is 268 g/mol. The Hall–Kier alpha value is -0.870. The summed E-state index contributed by atoms with van der Waals surface area (Å²) >= 11 is 1.80. The number of methoxy groups -OCH3 is 2. The number of thioether (sulfide) groups is 1. The van der Waals surface area contributed by atoms with Crippen LogP contribution in [0.3, 0.4) is 0 Å². The average Bonchev–Trinajstić information content (AvgIpc) is 2.41. The molecule has 2 atom stereocenters. The molecule has 1 aromatic carbocycles. The van der Waals surface area contributed by atoms with Gasteiger partial charge in [0, 0.05) is 5.25 Å². The first kappa shape index (κ1) is 13.6. The van der Waals surface area contributed by atoms with Gasteiger partial charge >= 0.3 is 0 Å². The van der Waals surface area contributed by atoms with Crippen LogP contribution in [0, 0.1) is 0 Å². The van der Waals surface area contributed by atoms with E-state index in [9.17, 15) is 5.11 Å². The fraction of sp³-hybridized carbons (Fsp3) is 0.571. The van der Waals surface area contributed by atoms with Gasteiger partial charge in [0.05, 0.1) is 19.8 Å². The molecule has 1 aliphatic rings. The summed E-state index contributed by atoms with van der Waals surface area (Å²) in [6.07, 6.45) is 1.75. The van der Waals surface area contributed by atoms with Crippen molar-refractivity contribution in [3.05, 3.63) is 23.8 Å². The molecule has 4 heteroatoms. The molecule has 1 N–H and O–H groups in total. The summed E-state index contributed by atoms with van der Waals surface area (Å²) in [5.74, 6) is 2.50. The molecule has 0 bridgehead atoms. The minimum Gasteiger partial charge on any atom is -0.496 e. The van der Waals surface area contributed by atoms with Gasteiger partial charge in [-0.05, 0) is 30.7 Å². The highest BCUT2D eigenvalue weighted by Crippen LogP contribution is 2.48. The van der Waals surface area contributed by atoms with E-state index in [0.29, 0.717) is 11.5 Å². The molecule has 1 aromatic rings. The minimum atomic E-state index is -0.874. The number of hydrogen-bond acceptors (Lipinski definition) is 4. The Morgan fingerprint density at radius 1 is 1.28 bits per heavy atom. The lowest BCUT2D eigenvalue weighted by Gasteiger charge is -2.39. The number of aliphatic hydroxyl groups is 1. The molecule has 2 rings (SSSR count). The van der Waals surface area contributed by atoms with Crippen LogP contribution in [-0.2, 0) is 5.60 Å². The summed E-state index contributed by atoms with van der Waals surface area (Å²) in [6, 6.07) is 5.63. The summed E-state index contributed by atoms with van der Waals surface area (Å²) < 4.78 is 10.8. The zero-order valence-corrected chi connectivity index (χ0v) is 11.9. The van der Waals surface area contributed by atoms with Crippen molar-refractivity contribution in [2.45, 2.75) is 30.6 Å². The molecule has 1 saturated heterocycles. The third-order valence-electron chi connectivity index (χ3n) is 3.60. The zero-order valence-electron chi connectivity index (χ0n) is 11.1. The fourth-order valence-electron chi connectivity index (χ4n) is 2.55. The van der Waals surface area contributed by atoms with Crippen LogP contribution >= 0.6 is 11.8 Å². The first-order valence-corrected chi connectivity index (χ1v) is 7.24. The van der Waals surface area contributed by atoms with Crippen molar-refractivity contribution in [1.29, 1.82) is 0 Å². The van der Waals surface area contributed by atoms with E-state index in [1.807, 2.05) is 18.2 Å². The monoisotopic (exact) mass is 268 g/mol. The predicted molar refractivity (Wildman–Crippen MR) is 74.6 cm³/mol. The van der Waals surface area contributed by atoms with E-state index < -0.39 is 5.60 Å². The van der Waals surface area contributed by atoms with Crippen molar-refractivity contribution >= 4 is 11.8 Å². The van der Waals surface area contributed by atoms with Crippen LogP contribution in [0.25, 0.3) is 0 Å². The standard InChI is InChI=1S/C14H20O3S/c1-10-14(15,8-5-9-18-10)13-11(16-2)6-4-7-12(13)17-3/h4,6-7,10,15H,5,8-9H2,1-3H3. The van der Waals surface area contributed by atoms with Crippen molar-refractivity contribution in [3.63, 3.8) is 0 Å². The van der Waals surface area contributed by atoms with Crippen molar-refractivity contribution in [2.24, 2.45) is 0 Å². The maximum Gasteiger partial charge on any atom is 0.128 e. The Balaban J connectivity index is 2.53. The van der Waals surface area contributed by atoms with Gasteiger partial charge in [-0.3, -0.25) is 0 Å². The van der Waals surface area contributed by atoms with Gasteiger partial charge < -0.3 is 14.6 Å². The van der Waals surface area contributed by atoms with Crippen molar-refractivity contribution in [1.82, 2.24) is 0 Å². The fourth-order valence-corrected chi connectivity index (χ4v) is 3.73. The van der Waals surface area contributed by atoms with Crippen LogP contribution in [0.4, 0.5) is 0 Å². The third kappa shape index (κ3) is 2.19. The van der Waals surface area contributed by atoms with Crippen LogP contribution in [0.2, 0.25) is 0 Å². The van der Waals surface area contributed by atoms with Gasteiger partial charge in [-0.2, -0.15) is 11.8 Å². The molecule has 3 nitrogen and oxygen atoms in total. The molecule has 100 valence electrons. The molecule has 1 aliphatic heterocycles. The van der Waals surface area contributed by atoms with Gasteiger partial charge in [-0.25, -0.2) is 0 Å². The number of ether oxygens (including phenoxy) is 2. The molecule has 0 saturated carbocycles. The highest BCUT2D eigenvalue weighted by molar-refractivity contribution is 8.00.